The lowest BCUT2D eigenvalue weighted by atomic mass is 10.2. The van der Waals surface area contributed by atoms with Gasteiger partial charge in [0.05, 0.1) is 18.4 Å². The van der Waals surface area contributed by atoms with Crippen LogP contribution in [0.4, 0.5) is 13.2 Å². The Kier molecular flexibility index (Phi) is 4.70. The number of thiophene rings is 1. The van der Waals surface area contributed by atoms with Crippen LogP contribution in [0.25, 0.3) is 5.69 Å². The minimum atomic E-state index is -4.77. The molecule has 25 heavy (non-hydrogen) atoms. The smallest absolute Gasteiger partial charge is 0.406 e. The fraction of sp³-hybridized carbons (Fsp3) is 0.133. The van der Waals surface area contributed by atoms with Crippen LogP contribution >= 0.6 is 11.3 Å². The molecule has 0 spiro atoms. The third-order valence-electron chi connectivity index (χ3n) is 3.09. The number of hydrogen-bond acceptors (Lipinski definition) is 5. The largest absolute Gasteiger partial charge is 0.573 e. The number of benzene rings is 1. The summed E-state index contributed by atoms with van der Waals surface area (Å²) in [7, 11) is 0. The lowest BCUT2D eigenvalue weighted by Gasteiger charge is -2.09. The van der Waals surface area contributed by atoms with Crippen molar-refractivity contribution in [3.05, 3.63) is 58.5 Å². The van der Waals surface area contributed by atoms with E-state index < -0.39 is 12.3 Å². The van der Waals surface area contributed by atoms with Crippen molar-refractivity contribution in [1.29, 1.82) is 0 Å². The van der Waals surface area contributed by atoms with Gasteiger partial charge in [0.25, 0.3) is 5.91 Å². The van der Waals surface area contributed by atoms with Crippen LogP contribution in [0, 0.1) is 0 Å². The Morgan fingerprint density at radius 3 is 2.64 bits per heavy atom. The second-order valence-electron chi connectivity index (χ2n) is 4.89. The van der Waals surface area contributed by atoms with Crippen molar-refractivity contribution in [2.75, 3.05) is 0 Å². The average Bonchev–Trinajstić information content (AvgIpc) is 3.23. The van der Waals surface area contributed by atoms with Crippen molar-refractivity contribution in [2.24, 2.45) is 0 Å². The highest BCUT2D eigenvalue weighted by Crippen LogP contribution is 2.22. The first-order chi connectivity index (χ1) is 11.9. The quantitative estimate of drug-likeness (QED) is 0.751. The normalized spacial score (nSPS) is 11.3. The van der Waals surface area contributed by atoms with E-state index in [-0.39, 0.29) is 17.9 Å². The zero-order valence-electron chi connectivity index (χ0n) is 12.5. The molecule has 6 nitrogen and oxygen atoms in total. The van der Waals surface area contributed by atoms with Gasteiger partial charge in [-0.05, 0) is 35.7 Å². The number of ether oxygens (including phenoxy) is 1. The zero-order chi connectivity index (χ0) is 17.9. The van der Waals surface area contributed by atoms with Crippen LogP contribution < -0.4 is 10.1 Å². The van der Waals surface area contributed by atoms with Gasteiger partial charge in [-0.2, -0.15) is 11.3 Å². The van der Waals surface area contributed by atoms with Crippen LogP contribution in [-0.4, -0.2) is 27.3 Å². The maximum atomic E-state index is 12.1. The molecule has 0 fully saturated rings. The Bertz CT molecular complexity index is 845. The number of carbonyl (C=O) groups excluding carboxylic acids is 1. The Hall–Kier alpha value is -2.88. The molecule has 2 heterocycles. The summed E-state index contributed by atoms with van der Waals surface area (Å²) in [5, 5.41) is 14.3. The molecule has 3 aromatic rings. The Morgan fingerprint density at radius 1 is 1.24 bits per heavy atom. The van der Waals surface area contributed by atoms with Crippen molar-refractivity contribution in [3.63, 3.8) is 0 Å². The molecule has 0 aliphatic rings. The second kappa shape index (κ2) is 6.93. The van der Waals surface area contributed by atoms with E-state index in [2.05, 4.69) is 20.4 Å². The standard InChI is InChI=1S/C15H11F3N4O2S/c16-15(17,18)24-13-3-1-10(2-4-13)14(23)19-7-11-8-22(21-20-11)12-5-6-25-9-12/h1-6,8-9H,7H2,(H,19,23). The van der Waals surface area contributed by atoms with Gasteiger partial charge in [-0.1, -0.05) is 5.21 Å². The first-order valence-corrected chi connectivity index (χ1v) is 7.93. The van der Waals surface area contributed by atoms with Crippen molar-refractivity contribution in [3.8, 4) is 11.4 Å². The predicted molar refractivity (Wildman–Crippen MR) is 83.5 cm³/mol. The molecule has 0 radical (unpaired) electrons. The Balaban J connectivity index is 1.57. The van der Waals surface area contributed by atoms with E-state index in [0.29, 0.717) is 5.69 Å². The molecule has 0 saturated heterocycles. The first kappa shape index (κ1) is 17.0. The monoisotopic (exact) mass is 368 g/mol. The second-order valence-corrected chi connectivity index (χ2v) is 5.67. The predicted octanol–water partition coefficient (Wildman–Crippen LogP) is 3.16. The van der Waals surface area contributed by atoms with Crippen LogP contribution in [0.2, 0.25) is 0 Å². The summed E-state index contributed by atoms with van der Waals surface area (Å²) in [6, 6.07) is 6.54. The molecule has 0 aliphatic heterocycles. The maximum Gasteiger partial charge on any atom is 0.573 e. The fourth-order valence-electron chi connectivity index (χ4n) is 1.97. The fourth-order valence-corrected chi connectivity index (χ4v) is 2.60. The third-order valence-corrected chi connectivity index (χ3v) is 3.76. The maximum absolute atomic E-state index is 12.1. The number of rotatable bonds is 5. The summed E-state index contributed by atoms with van der Waals surface area (Å²) in [5.74, 6) is -0.827. The number of nitrogens with zero attached hydrogens (tertiary/aromatic N) is 3. The third kappa shape index (κ3) is 4.57. The molecule has 0 aliphatic carbocycles. The van der Waals surface area contributed by atoms with E-state index in [0.717, 1.165) is 17.8 Å². The van der Waals surface area contributed by atoms with Crippen molar-refractivity contribution < 1.29 is 22.7 Å². The van der Waals surface area contributed by atoms with Gasteiger partial charge >= 0.3 is 6.36 Å². The topological polar surface area (TPSA) is 69.0 Å². The lowest BCUT2D eigenvalue weighted by molar-refractivity contribution is -0.274. The molecule has 130 valence electrons. The van der Waals surface area contributed by atoms with E-state index >= 15 is 0 Å². The highest BCUT2D eigenvalue weighted by Gasteiger charge is 2.31. The molecule has 0 saturated carbocycles. The summed E-state index contributed by atoms with van der Waals surface area (Å²) >= 11 is 1.52. The molecule has 0 bridgehead atoms. The number of amides is 1. The van der Waals surface area contributed by atoms with Gasteiger partial charge in [-0.15, -0.1) is 18.3 Å². The molecule has 0 atom stereocenters. The van der Waals surface area contributed by atoms with Crippen molar-refractivity contribution in [2.45, 2.75) is 12.9 Å². The van der Waals surface area contributed by atoms with E-state index in [1.165, 1.54) is 23.5 Å². The number of aromatic nitrogens is 3. The number of halogens is 3. The van der Waals surface area contributed by atoms with Gasteiger partial charge in [0.15, 0.2) is 0 Å². The summed E-state index contributed by atoms with van der Waals surface area (Å²) in [6.45, 7) is 0.143. The first-order valence-electron chi connectivity index (χ1n) is 6.98. The van der Waals surface area contributed by atoms with Crippen molar-refractivity contribution in [1.82, 2.24) is 20.3 Å². The SMILES string of the molecule is O=C(NCc1cn(-c2ccsc2)nn1)c1ccc(OC(F)(F)F)cc1. The molecule has 10 heteroatoms. The van der Waals surface area contributed by atoms with Gasteiger partial charge in [0.1, 0.15) is 11.4 Å². The Labute approximate surface area is 143 Å². The van der Waals surface area contributed by atoms with Gasteiger partial charge in [-0.25, -0.2) is 4.68 Å². The average molecular weight is 368 g/mol. The molecule has 1 amide bonds. The van der Waals surface area contributed by atoms with Crippen LogP contribution in [0.1, 0.15) is 16.1 Å². The number of nitrogens with one attached hydrogen (secondary N) is 1. The van der Waals surface area contributed by atoms with Gasteiger partial charge < -0.3 is 10.1 Å². The summed E-state index contributed by atoms with van der Waals surface area (Å²) in [5.41, 5.74) is 1.63. The molecule has 3 rings (SSSR count). The zero-order valence-corrected chi connectivity index (χ0v) is 13.3. The lowest BCUT2D eigenvalue weighted by Crippen LogP contribution is -2.23. The molecular formula is C15H11F3N4O2S. The van der Waals surface area contributed by atoms with Crippen LogP contribution in [0.15, 0.2) is 47.3 Å². The molecule has 2 aromatic heterocycles. The molecule has 0 unspecified atom stereocenters. The van der Waals surface area contributed by atoms with Gasteiger partial charge in [-0.3, -0.25) is 4.79 Å². The van der Waals surface area contributed by atoms with Gasteiger partial charge in [0, 0.05) is 10.9 Å². The molecular weight excluding hydrogens is 357 g/mol. The molecule has 1 aromatic carbocycles. The summed E-state index contributed by atoms with van der Waals surface area (Å²) in [4.78, 5) is 12.0. The van der Waals surface area contributed by atoms with Crippen LogP contribution in [-0.2, 0) is 6.54 Å². The van der Waals surface area contributed by atoms with Crippen molar-refractivity contribution >= 4 is 17.2 Å². The Morgan fingerprint density at radius 2 is 2.00 bits per heavy atom. The minimum Gasteiger partial charge on any atom is -0.406 e. The molecule has 1 N–H and O–H groups in total. The van der Waals surface area contributed by atoms with Crippen LogP contribution in [0.5, 0.6) is 5.75 Å². The minimum absolute atomic E-state index is 0.143. The number of alkyl halides is 3. The number of hydrogen-bond donors (Lipinski definition) is 1. The van der Waals surface area contributed by atoms with E-state index in [4.69, 9.17) is 0 Å². The highest BCUT2D eigenvalue weighted by molar-refractivity contribution is 7.08. The number of carbonyl (C=O) groups is 1. The summed E-state index contributed by atoms with van der Waals surface area (Å²) < 4.78 is 41.6. The highest BCUT2D eigenvalue weighted by atomic mass is 32.1. The van der Waals surface area contributed by atoms with Gasteiger partial charge in [0.2, 0.25) is 0 Å². The summed E-state index contributed by atoms with van der Waals surface area (Å²) in [6.07, 6.45) is -3.08. The van der Waals surface area contributed by atoms with E-state index in [1.54, 1.807) is 10.9 Å². The van der Waals surface area contributed by atoms with Crippen LogP contribution in [0.3, 0.4) is 0 Å². The van der Waals surface area contributed by atoms with E-state index in [9.17, 15) is 18.0 Å². The van der Waals surface area contributed by atoms with E-state index in [1.807, 2.05) is 16.8 Å².